The summed E-state index contributed by atoms with van der Waals surface area (Å²) in [7, 11) is 0. The summed E-state index contributed by atoms with van der Waals surface area (Å²) >= 11 is 0. The Labute approximate surface area is 384 Å². The van der Waals surface area contributed by atoms with E-state index in [1.54, 1.807) is 0 Å². The van der Waals surface area contributed by atoms with Crippen LogP contribution in [0.3, 0.4) is 0 Å². The van der Waals surface area contributed by atoms with Crippen LogP contribution in [0.15, 0.2) is 194 Å². The summed E-state index contributed by atoms with van der Waals surface area (Å²) < 4.78 is 0. The van der Waals surface area contributed by atoms with Gasteiger partial charge in [0.2, 0.25) is 0 Å². The van der Waals surface area contributed by atoms with Crippen LogP contribution in [0, 0.1) is 0 Å². The molecule has 64 heavy (non-hydrogen) atoms. The van der Waals surface area contributed by atoms with Crippen LogP contribution in [0.25, 0.3) is 0 Å². The summed E-state index contributed by atoms with van der Waals surface area (Å²) in [6.45, 7) is 0. The maximum atomic E-state index is 2.44. The molecular weight excluding hydrogens is 769 g/mol. The van der Waals surface area contributed by atoms with E-state index in [0.29, 0.717) is 0 Å². The van der Waals surface area contributed by atoms with Gasteiger partial charge in [-0.15, -0.1) is 0 Å². The van der Waals surface area contributed by atoms with E-state index in [1.165, 1.54) is 89.0 Å². The molecule has 0 aromatic heterocycles. The molecule has 1 aliphatic carbocycles. The van der Waals surface area contributed by atoms with Crippen LogP contribution in [0.4, 0.5) is 0 Å². The highest BCUT2D eigenvalue weighted by Crippen LogP contribution is 2.20. The zero-order valence-corrected chi connectivity index (χ0v) is 37.8. The van der Waals surface area contributed by atoms with Gasteiger partial charge in [-0.1, -0.05) is 194 Å². The van der Waals surface area contributed by atoms with Crippen LogP contribution in [-0.2, 0) is 103 Å². The van der Waals surface area contributed by atoms with Gasteiger partial charge in [0.25, 0.3) is 0 Å². The van der Waals surface area contributed by atoms with Gasteiger partial charge in [-0.25, -0.2) is 0 Å². The standard InChI is InChI=1S/C64H64/c1-9-49-25-27-51-11-2-13-53(42-51)29-31-55-15-4-17-57(44-55)33-35-59-19-6-21-61(46-59)37-39-63-23-8-24-64(48-63)40-38-62-22-7-20-60(47-62)36-34-58-18-5-16-56(45-58)32-30-54-14-3-12-52(43-54)28-26-50(10-1)41-49/h1-24,41-48H,25-40H2. The van der Waals surface area contributed by atoms with E-state index in [9.17, 15) is 0 Å². The van der Waals surface area contributed by atoms with Gasteiger partial charge in [0.1, 0.15) is 0 Å². The quantitative estimate of drug-likeness (QED) is 0.143. The number of hydrogen-bond donors (Lipinski definition) is 0. The fourth-order valence-corrected chi connectivity index (χ4v) is 9.83. The zero-order chi connectivity index (χ0) is 43.2. The lowest BCUT2D eigenvalue weighted by molar-refractivity contribution is 0.904. The minimum Gasteiger partial charge on any atom is -0.0617 e. The minimum atomic E-state index is 1.07. The summed E-state index contributed by atoms with van der Waals surface area (Å²) in [4.78, 5) is 0. The molecule has 0 unspecified atom stereocenters. The molecule has 0 N–H and O–H groups in total. The van der Waals surface area contributed by atoms with Crippen molar-refractivity contribution >= 4 is 0 Å². The van der Waals surface area contributed by atoms with Crippen LogP contribution in [-0.4, -0.2) is 0 Å². The van der Waals surface area contributed by atoms with E-state index >= 15 is 0 Å². The molecule has 8 aromatic carbocycles. The molecule has 1 aliphatic rings. The van der Waals surface area contributed by atoms with Crippen molar-refractivity contribution in [3.05, 3.63) is 283 Å². The fourth-order valence-electron chi connectivity index (χ4n) is 9.83. The Bertz CT molecular complexity index is 2020. The van der Waals surface area contributed by atoms with Crippen molar-refractivity contribution in [1.29, 1.82) is 0 Å². The second-order valence-electron chi connectivity index (χ2n) is 18.6. The number of hydrogen-bond acceptors (Lipinski definition) is 0. The van der Waals surface area contributed by atoms with Gasteiger partial charge in [0, 0.05) is 0 Å². The first-order valence-electron chi connectivity index (χ1n) is 24.2. The van der Waals surface area contributed by atoms with E-state index in [2.05, 4.69) is 194 Å². The minimum absolute atomic E-state index is 1.07. The highest BCUT2D eigenvalue weighted by Gasteiger charge is 2.08. The van der Waals surface area contributed by atoms with Gasteiger partial charge < -0.3 is 0 Å². The molecule has 320 valence electrons. The van der Waals surface area contributed by atoms with Crippen molar-refractivity contribution in [3.8, 4) is 0 Å². The third kappa shape index (κ3) is 12.9. The predicted molar refractivity (Wildman–Crippen MR) is 271 cm³/mol. The van der Waals surface area contributed by atoms with Gasteiger partial charge in [-0.3, -0.25) is 0 Å². The molecule has 0 nitrogen and oxygen atoms in total. The summed E-state index contributed by atoms with van der Waals surface area (Å²) in [5, 5.41) is 0. The van der Waals surface area contributed by atoms with Crippen molar-refractivity contribution in [2.75, 3.05) is 0 Å². The molecule has 16 bridgehead atoms. The van der Waals surface area contributed by atoms with E-state index in [-0.39, 0.29) is 0 Å². The van der Waals surface area contributed by atoms with Gasteiger partial charge in [0.15, 0.2) is 0 Å². The molecule has 0 atom stereocenters. The Morgan fingerprint density at radius 2 is 0.203 bits per heavy atom. The first-order chi connectivity index (χ1) is 31.6. The molecule has 0 saturated heterocycles. The number of aryl methyl sites for hydroxylation is 16. The van der Waals surface area contributed by atoms with Crippen molar-refractivity contribution in [1.82, 2.24) is 0 Å². The molecule has 0 heterocycles. The fraction of sp³-hybridized carbons (Fsp3) is 0.250. The molecule has 0 fully saturated rings. The summed E-state index contributed by atoms with van der Waals surface area (Å²) in [6, 6.07) is 74.6. The summed E-state index contributed by atoms with van der Waals surface area (Å²) in [5.74, 6) is 0. The van der Waals surface area contributed by atoms with Crippen LogP contribution in [0.1, 0.15) is 89.0 Å². The molecule has 0 saturated carbocycles. The zero-order valence-electron chi connectivity index (χ0n) is 37.8. The van der Waals surface area contributed by atoms with Crippen molar-refractivity contribution in [3.63, 3.8) is 0 Å². The van der Waals surface area contributed by atoms with E-state index in [0.717, 1.165) is 103 Å². The third-order valence-electron chi connectivity index (χ3n) is 13.5. The lowest BCUT2D eigenvalue weighted by Gasteiger charge is -2.10. The molecule has 9 rings (SSSR count). The first kappa shape index (κ1) is 43.0. The molecule has 8 aromatic rings. The summed E-state index contributed by atoms with van der Waals surface area (Å²) in [6.07, 6.45) is 17.1. The van der Waals surface area contributed by atoms with Crippen LogP contribution in [0.2, 0.25) is 0 Å². The Kier molecular flexibility index (Phi) is 14.7. The van der Waals surface area contributed by atoms with Gasteiger partial charge in [0.05, 0.1) is 0 Å². The smallest absolute Gasteiger partial charge is 0.0238 e. The number of rotatable bonds is 0. The highest BCUT2D eigenvalue weighted by atomic mass is 14.1. The third-order valence-corrected chi connectivity index (χ3v) is 13.5. The Morgan fingerprint density at radius 1 is 0.125 bits per heavy atom. The molecule has 0 heteroatoms. The molecule has 0 aliphatic heterocycles. The van der Waals surface area contributed by atoms with Gasteiger partial charge in [-0.05, 0) is 192 Å². The number of fused-ring (bicyclic) bond motifs is 16. The monoisotopic (exact) mass is 833 g/mol. The topological polar surface area (TPSA) is 0 Å². The normalized spacial score (nSPS) is 14.5. The second-order valence-corrected chi connectivity index (χ2v) is 18.6. The average Bonchev–Trinajstić information content (AvgIpc) is 3.34. The maximum Gasteiger partial charge on any atom is -0.0238 e. The van der Waals surface area contributed by atoms with Gasteiger partial charge >= 0.3 is 0 Å². The van der Waals surface area contributed by atoms with Crippen LogP contribution in [0.5, 0.6) is 0 Å². The van der Waals surface area contributed by atoms with Crippen molar-refractivity contribution < 1.29 is 0 Å². The van der Waals surface area contributed by atoms with Crippen LogP contribution < -0.4 is 0 Å². The second kappa shape index (κ2) is 21.9. The average molecular weight is 833 g/mol. The Hall–Kier alpha value is -6.24. The van der Waals surface area contributed by atoms with E-state index in [4.69, 9.17) is 0 Å². The lowest BCUT2D eigenvalue weighted by Crippen LogP contribution is -1.99. The van der Waals surface area contributed by atoms with Crippen LogP contribution >= 0.6 is 0 Å². The summed E-state index contributed by atoms with van der Waals surface area (Å²) in [5.41, 5.74) is 23.0. The number of benzene rings is 8. The SMILES string of the molecule is c1cc2cc(c1)CCc1cccc(c1)CCc1cccc(c1)CCc1cccc(c1)CCc1cccc(c1)CCc1cccc(c1)CCc1cccc(c1)CCc1cccc(c1)CC2. The maximum absolute atomic E-state index is 2.44. The molecule has 0 radical (unpaired) electrons. The molecule has 0 amide bonds. The van der Waals surface area contributed by atoms with Crippen molar-refractivity contribution in [2.45, 2.75) is 103 Å². The largest absolute Gasteiger partial charge is 0.0617 e. The van der Waals surface area contributed by atoms with E-state index < -0.39 is 0 Å². The highest BCUT2D eigenvalue weighted by molar-refractivity contribution is 5.34. The van der Waals surface area contributed by atoms with Gasteiger partial charge in [-0.2, -0.15) is 0 Å². The lowest BCUT2D eigenvalue weighted by atomic mass is 9.95. The molecule has 0 spiro atoms. The Morgan fingerprint density at radius 3 is 0.281 bits per heavy atom. The predicted octanol–water partition coefficient (Wildman–Crippen LogP) is 14.3. The molecular formula is C64H64. The first-order valence-corrected chi connectivity index (χ1v) is 24.2. The van der Waals surface area contributed by atoms with Crippen molar-refractivity contribution in [2.24, 2.45) is 0 Å². The van der Waals surface area contributed by atoms with E-state index in [1.807, 2.05) is 0 Å². The Balaban J connectivity index is 0.889.